The topological polar surface area (TPSA) is 96.5 Å². The molecule has 2 aromatic carbocycles. The molecule has 3 aromatic heterocycles. The molecule has 0 fully saturated rings. The van der Waals surface area contributed by atoms with Gasteiger partial charge in [-0.3, -0.25) is 19.5 Å². The Kier molecular flexibility index (Phi) is 5.63. The van der Waals surface area contributed by atoms with E-state index in [4.69, 9.17) is 21.0 Å². The number of carbonyl (C=O) groups is 2. The number of ketones is 1. The number of nitrogens with zero attached hydrogens (tertiary/aromatic N) is 3. The number of aromatic nitrogens is 2. The summed E-state index contributed by atoms with van der Waals surface area (Å²) in [5, 5.41) is 12.5. The van der Waals surface area contributed by atoms with E-state index in [1.54, 1.807) is 48.7 Å². The summed E-state index contributed by atoms with van der Waals surface area (Å²) in [4.78, 5) is 37.8. The summed E-state index contributed by atoms with van der Waals surface area (Å²) >= 11 is 7.42. The Bertz CT molecular complexity index is 1780. The van der Waals surface area contributed by atoms with Crippen LogP contribution in [0.1, 0.15) is 48.6 Å². The molecule has 9 heteroatoms. The number of amides is 1. The van der Waals surface area contributed by atoms with Crippen LogP contribution < -0.4 is 4.90 Å². The third kappa shape index (κ3) is 3.97. The van der Waals surface area contributed by atoms with Crippen LogP contribution in [0.4, 0.5) is 5.13 Å². The standard InChI is InChI=1S/C29H22ClN3O4S/c1-29(2,3)16-7-9-18-22(14-16)38-28(32-18)33-24(19-6-4-5-11-31-19)23(26(35)27(33)36)25(34)21-13-15-12-17(30)8-10-20(15)37-21/h4-14,24,35H,1-3H3. The van der Waals surface area contributed by atoms with E-state index in [-0.39, 0.29) is 16.7 Å². The minimum absolute atomic E-state index is 0.0153. The van der Waals surface area contributed by atoms with E-state index < -0.39 is 23.5 Å². The summed E-state index contributed by atoms with van der Waals surface area (Å²) in [6.07, 6.45) is 1.58. The number of hydrogen-bond donors (Lipinski definition) is 1. The monoisotopic (exact) mass is 543 g/mol. The molecule has 190 valence electrons. The molecule has 1 aliphatic rings. The van der Waals surface area contributed by atoms with E-state index in [2.05, 4.69) is 31.8 Å². The number of anilines is 1. The number of pyridine rings is 1. The van der Waals surface area contributed by atoms with Crippen molar-refractivity contribution in [1.29, 1.82) is 0 Å². The average Bonchev–Trinajstić information content (AvgIpc) is 3.57. The Morgan fingerprint density at radius 3 is 2.66 bits per heavy atom. The van der Waals surface area contributed by atoms with Crippen LogP contribution in [0.3, 0.4) is 0 Å². The van der Waals surface area contributed by atoms with Crippen molar-refractivity contribution in [2.24, 2.45) is 0 Å². The van der Waals surface area contributed by atoms with E-state index in [1.165, 1.54) is 16.2 Å². The number of thiazole rings is 1. The Hall–Kier alpha value is -4.01. The summed E-state index contributed by atoms with van der Waals surface area (Å²) in [6.45, 7) is 6.38. The summed E-state index contributed by atoms with van der Waals surface area (Å²) < 4.78 is 6.68. The van der Waals surface area contributed by atoms with Crippen molar-refractivity contribution in [3.05, 3.63) is 100 Å². The minimum Gasteiger partial charge on any atom is -0.503 e. The van der Waals surface area contributed by atoms with Crippen molar-refractivity contribution < 1.29 is 19.1 Å². The second kappa shape index (κ2) is 8.79. The summed E-state index contributed by atoms with van der Waals surface area (Å²) in [7, 11) is 0. The maximum absolute atomic E-state index is 13.8. The second-order valence-corrected chi connectivity index (χ2v) is 11.6. The van der Waals surface area contributed by atoms with Crippen molar-refractivity contribution in [3.63, 3.8) is 0 Å². The van der Waals surface area contributed by atoms with Gasteiger partial charge in [-0.25, -0.2) is 4.98 Å². The highest BCUT2D eigenvalue weighted by Crippen LogP contribution is 2.44. The lowest BCUT2D eigenvalue weighted by Gasteiger charge is -2.23. The van der Waals surface area contributed by atoms with Gasteiger partial charge in [-0.05, 0) is 59.5 Å². The van der Waals surface area contributed by atoms with Gasteiger partial charge >= 0.3 is 0 Å². The number of rotatable bonds is 4. The molecule has 5 aromatic rings. The van der Waals surface area contributed by atoms with Crippen LogP contribution in [0.15, 0.2) is 82.6 Å². The predicted molar refractivity (Wildman–Crippen MR) is 148 cm³/mol. The summed E-state index contributed by atoms with van der Waals surface area (Å²) in [5.74, 6) is -2.01. The van der Waals surface area contributed by atoms with Gasteiger partial charge in [-0.1, -0.05) is 55.8 Å². The molecule has 7 nitrogen and oxygen atoms in total. The van der Waals surface area contributed by atoms with E-state index in [0.717, 1.165) is 15.8 Å². The zero-order valence-electron chi connectivity index (χ0n) is 20.7. The summed E-state index contributed by atoms with van der Waals surface area (Å²) in [6, 6.07) is 16.8. The first kappa shape index (κ1) is 24.3. The van der Waals surface area contributed by atoms with Crippen molar-refractivity contribution in [2.45, 2.75) is 32.2 Å². The molecule has 6 rings (SSSR count). The highest BCUT2D eigenvalue weighted by atomic mass is 35.5. The van der Waals surface area contributed by atoms with Crippen LogP contribution in [-0.4, -0.2) is 26.8 Å². The number of Topliss-reactive ketones (excluding diaryl/α,β-unsaturated/α-hetero) is 1. The molecule has 1 amide bonds. The lowest BCUT2D eigenvalue weighted by Crippen LogP contribution is -2.31. The number of hydrogen-bond acceptors (Lipinski definition) is 7. The Balaban J connectivity index is 1.48. The normalized spacial score (nSPS) is 16.3. The zero-order valence-corrected chi connectivity index (χ0v) is 22.3. The molecule has 38 heavy (non-hydrogen) atoms. The number of carbonyl (C=O) groups excluding carboxylic acids is 2. The third-order valence-corrected chi connectivity index (χ3v) is 7.82. The Morgan fingerprint density at radius 1 is 1.11 bits per heavy atom. The second-order valence-electron chi connectivity index (χ2n) is 10.1. The summed E-state index contributed by atoms with van der Waals surface area (Å²) in [5.41, 5.74) is 2.56. The number of aliphatic hydroxyl groups excluding tert-OH is 1. The number of benzene rings is 2. The van der Waals surface area contributed by atoms with Gasteiger partial charge in [0.1, 0.15) is 11.6 Å². The van der Waals surface area contributed by atoms with Gasteiger partial charge in [0.2, 0.25) is 5.78 Å². The fraction of sp³-hybridized carbons (Fsp3) is 0.172. The van der Waals surface area contributed by atoms with Crippen LogP contribution in [0, 0.1) is 0 Å². The molecule has 1 N–H and O–H groups in total. The third-order valence-electron chi connectivity index (χ3n) is 6.57. The van der Waals surface area contributed by atoms with Crippen LogP contribution in [-0.2, 0) is 10.2 Å². The molecule has 4 heterocycles. The molecule has 0 aliphatic carbocycles. The van der Waals surface area contributed by atoms with Gasteiger partial charge in [0.25, 0.3) is 5.91 Å². The van der Waals surface area contributed by atoms with E-state index in [9.17, 15) is 14.7 Å². The van der Waals surface area contributed by atoms with Crippen molar-refractivity contribution >= 4 is 60.9 Å². The first-order valence-electron chi connectivity index (χ1n) is 11.9. The van der Waals surface area contributed by atoms with E-state index in [1.807, 2.05) is 12.1 Å². The number of aliphatic hydroxyl groups is 1. The fourth-order valence-corrected chi connectivity index (χ4v) is 5.80. The Labute approximate surface area is 227 Å². The maximum atomic E-state index is 13.8. The largest absolute Gasteiger partial charge is 0.503 e. The van der Waals surface area contributed by atoms with Crippen LogP contribution in [0.5, 0.6) is 0 Å². The minimum atomic E-state index is -0.990. The Morgan fingerprint density at radius 2 is 1.92 bits per heavy atom. The fourth-order valence-electron chi connectivity index (χ4n) is 4.59. The quantitative estimate of drug-likeness (QED) is 0.241. The maximum Gasteiger partial charge on any atom is 0.296 e. The van der Waals surface area contributed by atoms with Crippen molar-refractivity contribution in [1.82, 2.24) is 9.97 Å². The average molecular weight is 544 g/mol. The van der Waals surface area contributed by atoms with Crippen molar-refractivity contribution in [2.75, 3.05) is 4.90 Å². The number of furan rings is 1. The van der Waals surface area contributed by atoms with Gasteiger partial charge in [-0.15, -0.1) is 0 Å². The molecule has 0 saturated carbocycles. The number of fused-ring (bicyclic) bond motifs is 2. The predicted octanol–water partition coefficient (Wildman–Crippen LogP) is 7.17. The molecular weight excluding hydrogens is 522 g/mol. The van der Waals surface area contributed by atoms with Crippen molar-refractivity contribution in [3.8, 4) is 0 Å². The molecule has 0 bridgehead atoms. The van der Waals surface area contributed by atoms with E-state index >= 15 is 0 Å². The van der Waals surface area contributed by atoms with Crippen LogP contribution >= 0.6 is 22.9 Å². The molecule has 0 saturated heterocycles. The lowest BCUT2D eigenvalue weighted by atomic mass is 9.87. The SMILES string of the molecule is CC(C)(C)c1ccc2nc(N3C(=O)C(O)=C(C(=O)c4cc5cc(Cl)ccc5o4)C3c3ccccn3)sc2c1. The zero-order chi connectivity index (χ0) is 26.8. The first-order chi connectivity index (χ1) is 18.1. The molecule has 1 aliphatic heterocycles. The molecule has 0 radical (unpaired) electrons. The highest BCUT2D eigenvalue weighted by Gasteiger charge is 2.47. The molecule has 1 unspecified atom stereocenters. The number of halogens is 1. The van der Waals surface area contributed by atoms with Gasteiger partial charge < -0.3 is 9.52 Å². The molecule has 1 atom stereocenters. The highest BCUT2D eigenvalue weighted by molar-refractivity contribution is 7.22. The lowest BCUT2D eigenvalue weighted by molar-refractivity contribution is -0.117. The van der Waals surface area contributed by atoms with Gasteiger partial charge in [0.05, 0.1) is 21.5 Å². The smallest absolute Gasteiger partial charge is 0.296 e. The molecular formula is C29H22ClN3O4S. The van der Waals surface area contributed by atoms with Gasteiger partial charge in [0, 0.05) is 16.6 Å². The van der Waals surface area contributed by atoms with Gasteiger partial charge in [-0.2, -0.15) is 0 Å². The first-order valence-corrected chi connectivity index (χ1v) is 13.1. The van der Waals surface area contributed by atoms with E-state index in [0.29, 0.717) is 26.8 Å². The van der Waals surface area contributed by atoms with Crippen LogP contribution in [0.2, 0.25) is 5.02 Å². The molecule has 0 spiro atoms. The van der Waals surface area contributed by atoms with Gasteiger partial charge in [0.15, 0.2) is 16.7 Å². The van der Waals surface area contributed by atoms with Crippen LogP contribution in [0.25, 0.3) is 21.2 Å².